The van der Waals surface area contributed by atoms with Crippen molar-refractivity contribution < 1.29 is 0 Å². The van der Waals surface area contributed by atoms with E-state index in [-0.39, 0.29) is 0 Å². The van der Waals surface area contributed by atoms with Crippen LogP contribution in [-0.2, 0) is 0 Å². The Hall–Kier alpha value is -2.89. The Balaban J connectivity index is 2.14. The number of nitrogen functional groups attached to an aromatic ring is 2. The van der Waals surface area contributed by atoms with Crippen molar-refractivity contribution in [1.82, 2.24) is 20.2 Å². The Morgan fingerprint density at radius 3 is 2.48 bits per heavy atom. The molecular weight excluding hydrogens is 264 g/mol. The number of aromatic nitrogens is 4. The number of hydrogen-bond acceptors (Lipinski definition) is 5. The monoisotopic (exact) mass is 280 g/mol. The maximum Gasteiger partial charge on any atom is 0.189 e. The lowest BCUT2D eigenvalue weighted by molar-refractivity contribution is 0.790. The Kier molecular flexibility index (Phi) is 3.06. The third kappa shape index (κ3) is 2.31. The van der Waals surface area contributed by atoms with Gasteiger partial charge in [0.1, 0.15) is 0 Å². The second-order valence-corrected chi connectivity index (χ2v) is 5.03. The van der Waals surface area contributed by atoms with Gasteiger partial charge in [0, 0.05) is 16.9 Å². The lowest BCUT2D eigenvalue weighted by Crippen LogP contribution is -2.03. The highest BCUT2D eigenvalue weighted by Crippen LogP contribution is 2.27. The Morgan fingerprint density at radius 2 is 1.76 bits per heavy atom. The van der Waals surface area contributed by atoms with Gasteiger partial charge in [-0.3, -0.25) is 0 Å². The zero-order valence-corrected chi connectivity index (χ0v) is 11.9. The summed E-state index contributed by atoms with van der Waals surface area (Å²) < 4.78 is 1.67. The van der Waals surface area contributed by atoms with Gasteiger partial charge in [-0.2, -0.15) is 4.68 Å². The van der Waals surface area contributed by atoms with Gasteiger partial charge < -0.3 is 11.5 Å². The smallest absolute Gasteiger partial charge is 0.189 e. The predicted octanol–water partition coefficient (Wildman–Crippen LogP) is 2.11. The van der Waals surface area contributed by atoms with E-state index in [9.17, 15) is 0 Å². The lowest BCUT2D eigenvalue weighted by atomic mass is 10.1. The molecule has 21 heavy (non-hydrogen) atoms. The molecule has 1 aromatic heterocycles. The molecule has 4 N–H and O–H groups in total. The van der Waals surface area contributed by atoms with E-state index in [1.165, 1.54) is 11.1 Å². The molecule has 1 heterocycles. The zero-order valence-electron chi connectivity index (χ0n) is 11.9. The molecule has 0 aliphatic rings. The maximum atomic E-state index is 6.02. The summed E-state index contributed by atoms with van der Waals surface area (Å²) in [6.07, 6.45) is 0. The Bertz CT molecular complexity index is 806. The van der Waals surface area contributed by atoms with Crippen LogP contribution in [0.15, 0.2) is 36.4 Å². The molecular formula is C15H16N6. The maximum absolute atomic E-state index is 6.02. The molecule has 0 aliphatic carbocycles. The van der Waals surface area contributed by atoms with Crippen LogP contribution in [0.5, 0.6) is 0 Å². The number of benzene rings is 2. The molecule has 0 fully saturated rings. The summed E-state index contributed by atoms with van der Waals surface area (Å²) >= 11 is 0. The van der Waals surface area contributed by atoms with Crippen molar-refractivity contribution in [1.29, 1.82) is 0 Å². The van der Waals surface area contributed by atoms with E-state index in [0.717, 1.165) is 11.3 Å². The molecule has 0 bridgehead atoms. The Labute approximate surface area is 122 Å². The second kappa shape index (κ2) is 4.90. The van der Waals surface area contributed by atoms with Gasteiger partial charge in [0.25, 0.3) is 0 Å². The quantitative estimate of drug-likeness (QED) is 0.701. The van der Waals surface area contributed by atoms with Crippen LogP contribution < -0.4 is 11.5 Å². The molecule has 3 aromatic rings. The van der Waals surface area contributed by atoms with Crippen molar-refractivity contribution in [2.75, 3.05) is 11.5 Å². The number of nitrogens with zero attached hydrogens (tertiary/aromatic N) is 4. The highest BCUT2D eigenvalue weighted by molar-refractivity contribution is 5.75. The van der Waals surface area contributed by atoms with Gasteiger partial charge in [0.05, 0.1) is 5.69 Å². The first-order chi connectivity index (χ1) is 10.1. The van der Waals surface area contributed by atoms with Gasteiger partial charge in [0.2, 0.25) is 0 Å². The highest BCUT2D eigenvalue weighted by Gasteiger charge is 2.14. The number of hydrogen-bond donors (Lipinski definition) is 2. The van der Waals surface area contributed by atoms with E-state index < -0.39 is 0 Å². The minimum Gasteiger partial charge on any atom is -0.399 e. The molecule has 6 nitrogen and oxygen atoms in total. The Morgan fingerprint density at radius 1 is 0.952 bits per heavy atom. The fraction of sp³-hybridized carbons (Fsp3) is 0.133. The van der Waals surface area contributed by atoms with Crippen LogP contribution in [0.2, 0.25) is 0 Å². The number of tetrazole rings is 1. The minimum absolute atomic E-state index is 0.551. The molecule has 6 heteroatoms. The van der Waals surface area contributed by atoms with E-state index in [1.54, 1.807) is 16.8 Å². The first kappa shape index (κ1) is 13.1. The van der Waals surface area contributed by atoms with E-state index >= 15 is 0 Å². The molecule has 0 saturated heterocycles. The lowest BCUT2D eigenvalue weighted by Gasteiger charge is -2.09. The van der Waals surface area contributed by atoms with Crippen LogP contribution in [0.25, 0.3) is 17.1 Å². The van der Waals surface area contributed by atoms with Crippen LogP contribution in [0.4, 0.5) is 11.4 Å². The largest absolute Gasteiger partial charge is 0.399 e. The van der Waals surface area contributed by atoms with Crippen molar-refractivity contribution in [2.45, 2.75) is 13.8 Å². The van der Waals surface area contributed by atoms with Gasteiger partial charge in [-0.15, -0.1) is 5.10 Å². The van der Waals surface area contributed by atoms with Crippen LogP contribution in [0.3, 0.4) is 0 Å². The third-order valence-electron chi connectivity index (χ3n) is 3.52. The molecule has 106 valence electrons. The molecule has 0 atom stereocenters. The number of anilines is 2. The summed E-state index contributed by atoms with van der Waals surface area (Å²) in [7, 11) is 0. The molecule has 0 spiro atoms. The van der Waals surface area contributed by atoms with Crippen molar-refractivity contribution in [2.24, 2.45) is 0 Å². The normalized spacial score (nSPS) is 10.8. The molecule has 0 radical (unpaired) electrons. The molecule has 0 unspecified atom stereocenters. The summed E-state index contributed by atoms with van der Waals surface area (Å²) in [5.74, 6) is 0.593. The van der Waals surface area contributed by atoms with Gasteiger partial charge in [-0.25, -0.2) is 0 Å². The SMILES string of the molecule is Cc1ccc(-n2nnnc2-c2ccc(N)cc2N)cc1C. The third-order valence-corrected chi connectivity index (χ3v) is 3.52. The first-order valence-electron chi connectivity index (χ1n) is 6.57. The summed E-state index contributed by atoms with van der Waals surface area (Å²) in [6.45, 7) is 4.12. The van der Waals surface area contributed by atoms with Gasteiger partial charge >= 0.3 is 0 Å². The minimum atomic E-state index is 0.551. The first-order valence-corrected chi connectivity index (χ1v) is 6.57. The van der Waals surface area contributed by atoms with Crippen LogP contribution in [-0.4, -0.2) is 20.2 Å². The average molecular weight is 280 g/mol. The van der Waals surface area contributed by atoms with Crippen LogP contribution >= 0.6 is 0 Å². The summed E-state index contributed by atoms with van der Waals surface area (Å²) in [4.78, 5) is 0. The van der Waals surface area contributed by atoms with E-state index in [4.69, 9.17) is 11.5 Å². The van der Waals surface area contributed by atoms with Crippen molar-refractivity contribution in [3.63, 3.8) is 0 Å². The molecule has 0 aliphatic heterocycles. The fourth-order valence-electron chi connectivity index (χ4n) is 2.17. The highest BCUT2D eigenvalue weighted by atomic mass is 15.5. The second-order valence-electron chi connectivity index (χ2n) is 5.03. The molecule has 3 rings (SSSR count). The summed E-state index contributed by atoms with van der Waals surface area (Å²) in [6, 6.07) is 11.4. The predicted molar refractivity (Wildman–Crippen MR) is 82.9 cm³/mol. The van der Waals surface area contributed by atoms with Crippen molar-refractivity contribution >= 4 is 11.4 Å². The number of aryl methyl sites for hydroxylation is 2. The summed E-state index contributed by atoms with van der Waals surface area (Å²) in [5.41, 5.74) is 17.0. The topological polar surface area (TPSA) is 95.6 Å². The zero-order chi connectivity index (χ0) is 15.0. The van der Waals surface area contributed by atoms with Gasteiger partial charge in [-0.1, -0.05) is 6.07 Å². The van der Waals surface area contributed by atoms with Crippen molar-refractivity contribution in [3.8, 4) is 17.1 Å². The molecule has 2 aromatic carbocycles. The van der Waals surface area contributed by atoms with E-state index in [1.807, 2.05) is 24.3 Å². The molecule has 0 amide bonds. The van der Waals surface area contributed by atoms with E-state index in [0.29, 0.717) is 17.2 Å². The standard InChI is InChI=1S/C15H16N6/c1-9-3-5-12(7-10(9)2)21-15(18-19-20-21)13-6-4-11(16)8-14(13)17/h3-8H,16-17H2,1-2H3. The van der Waals surface area contributed by atoms with Crippen LogP contribution in [0, 0.1) is 13.8 Å². The van der Waals surface area contributed by atoms with Crippen molar-refractivity contribution in [3.05, 3.63) is 47.5 Å². The van der Waals surface area contributed by atoms with E-state index in [2.05, 4.69) is 29.4 Å². The van der Waals surface area contributed by atoms with Gasteiger partial charge in [0.15, 0.2) is 5.82 Å². The average Bonchev–Trinajstić information content (AvgIpc) is 2.91. The number of rotatable bonds is 2. The van der Waals surface area contributed by atoms with Gasteiger partial charge in [-0.05, 0) is 65.7 Å². The fourth-order valence-corrected chi connectivity index (χ4v) is 2.17. The number of nitrogens with two attached hydrogens (primary N) is 2. The molecule has 0 saturated carbocycles. The van der Waals surface area contributed by atoms with Crippen LogP contribution in [0.1, 0.15) is 11.1 Å². The summed E-state index contributed by atoms with van der Waals surface area (Å²) in [5, 5.41) is 11.9.